The third kappa shape index (κ3) is 3.30. The van der Waals surface area contributed by atoms with E-state index in [-0.39, 0.29) is 17.7 Å². The standard InChI is InChI=1S/C20H23N3O4/c1-13-16(19(24)26-2)11-15(27-13)12-22-9-7-14(8-10-22)23-18-6-4-3-5-17(18)21-20(23)25/h3-6,11,14H,7-10,12H2,1-2H3,(H,21,25). The number of ether oxygens (including phenoxy) is 1. The number of hydrogen-bond donors (Lipinski definition) is 1. The Morgan fingerprint density at radius 1 is 1.30 bits per heavy atom. The number of imidazole rings is 1. The van der Waals surface area contributed by atoms with Crippen molar-refractivity contribution in [3.05, 3.63) is 57.9 Å². The maximum atomic E-state index is 12.4. The van der Waals surface area contributed by atoms with Crippen LogP contribution >= 0.6 is 0 Å². The highest BCUT2D eigenvalue weighted by molar-refractivity contribution is 5.90. The molecule has 7 heteroatoms. The Morgan fingerprint density at radius 3 is 2.78 bits per heavy atom. The number of fused-ring (bicyclic) bond motifs is 1. The minimum atomic E-state index is -0.375. The number of H-pyrrole nitrogens is 1. The van der Waals surface area contributed by atoms with E-state index in [1.165, 1.54) is 7.11 Å². The van der Waals surface area contributed by atoms with E-state index in [2.05, 4.69) is 9.88 Å². The van der Waals surface area contributed by atoms with Crippen molar-refractivity contribution in [2.24, 2.45) is 0 Å². The Hall–Kier alpha value is -2.80. The average molecular weight is 369 g/mol. The van der Waals surface area contributed by atoms with E-state index >= 15 is 0 Å². The number of furan rings is 1. The molecule has 142 valence electrons. The topological polar surface area (TPSA) is 80.5 Å². The van der Waals surface area contributed by atoms with Crippen molar-refractivity contribution in [2.75, 3.05) is 20.2 Å². The van der Waals surface area contributed by atoms with Gasteiger partial charge in [0.2, 0.25) is 0 Å². The second-order valence-electron chi connectivity index (χ2n) is 7.00. The van der Waals surface area contributed by atoms with E-state index in [1.807, 2.05) is 28.8 Å². The number of esters is 1. The zero-order valence-electron chi connectivity index (χ0n) is 15.5. The van der Waals surface area contributed by atoms with E-state index in [0.29, 0.717) is 17.9 Å². The molecule has 1 N–H and O–H groups in total. The van der Waals surface area contributed by atoms with Gasteiger partial charge in [-0.25, -0.2) is 9.59 Å². The molecular weight excluding hydrogens is 346 g/mol. The number of piperidine rings is 1. The number of carbonyl (C=O) groups is 1. The molecule has 0 bridgehead atoms. The summed E-state index contributed by atoms with van der Waals surface area (Å²) in [4.78, 5) is 29.3. The summed E-state index contributed by atoms with van der Waals surface area (Å²) in [5, 5.41) is 0. The van der Waals surface area contributed by atoms with Gasteiger partial charge in [-0.2, -0.15) is 0 Å². The van der Waals surface area contributed by atoms with E-state index < -0.39 is 0 Å². The molecule has 3 aromatic rings. The van der Waals surface area contributed by atoms with Crippen molar-refractivity contribution in [2.45, 2.75) is 32.4 Å². The van der Waals surface area contributed by atoms with Gasteiger partial charge in [0, 0.05) is 19.1 Å². The molecule has 0 aliphatic carbocycles. The van der Waals surface area contributed by atoms with E-state index in [0.717, 1.165) is 42.7 Å². The third-order valence-electron chi connectivity index (χ3n) is 5.30. The molecule has 0 saturated carbocycles. The van der Waals surface area contributed by atoms with Crippen molar-refractivity contribution < 1.29 is 13.9 Å². The first-order valence-corrected chi connectivity index (χ1v) is 9.16. The molecule has 0 spiro atoms. The second-order valence-corrected chi connectivity index (χ2v) is 7.00. The molecule has 1 aromatic carbocycles. The van der Waals surface area contributed by atoms with Crippen molar-refractivity contribution >= 4 is 17.0 Å². The summed E-state index contributed by atoms with van der Waals surface area (Å²) < 4.78 is 12.4. The molecule has 0 unspecified atom stereocenters. The first kappa shape index (κ1) is 17.6. The minimum Gasteiger partial charge on any atom is -0.465 e. The van der Waals surface area contributed by atoms with Crippen LogP contribution in [-0.4, -0.2) is 40.6 Å². The first-order chi connectivity index (χ1) is 13.1. The van der Waals surface area contributed by atoms with Crippen molar-refractivity contribution in [3.63, 3.8) is 0 Å². The summed E-state index contributed by atoms with van der Waals surface area (Å²) in [7, 11) is 1.37. The predicted octanol–water partition coefficient (Wildman–Crippen LogP) is 2.85. The zero-order chi connectivity index (χ0) is 19.0. The van der Waals surface area contributed by atoms with E-state index in [1.54, 1.807) is 13.0 Å². The number of benzene rings is 1. The monoisotopic (exact) mass is 369 g/mol. The van der Waals surface area contributed by atoms with Gasteiger partial charge in [-0.05, 0) is 38.0 Å². The zero-order valence-corrected chi connectivity index (χ0v) is 15.5. The molecule has 0 amide bonds. The van der Waals surface area contributed by atoms with Gasteiger partial charge in [-0.3, -0.25) is 9.47 Å². The minimum absolute atomic E-state index is 0.0426. The number of carbonyl (C=O) groups excluding carboxylic acids is 1. The van der Waals surface area contributed by atoms with Crippen molar-refractivity contribution in [1.29, 1.82) is 0 Å². The molecule has 0 atom stereocenters. The van der Waals surface area contributed by atoms with Crippen LogP contribution in [0.3, 0.4) is 0 Å². The van der Waals surface area contributed by atoms with Gasteiger partial charge in [-0.1, -0.05) is 12.1 Å². The number of likely N-dealkylation sites (tertiary alicyclic amines) is 1. The molecule has 1 aliphatic heterocycles. The van der Waals surface area contributed by atoms with Crippen molar-refractivity contribution in [1.82, 2.24) is 14.5 Å². The molecule has 1 aliphatic rings. The summed E-state index contributed by atoms with van der Waals surface area (Å²) in [6.07, 6.45) is 1.79. The highest BCUT2D eigenvalue weighted by Gasteiger charge is 2.25. The number of aromatic amines is 1. The largest absolute Gasteiger partial charge is 0.465 e. The van der Waals surface area contributed by atoms with Crippen LogP contribution in [-0.2, 0) is 11.3 Å². The Balaban J connectivity index is 1.44. The van der Waals surface area contributed by atoms with Crippen LogP contribution in [0.4, 0.5) is 0 Å². The third-order valence-corrected chi connectivity index (χ3v) is 5.30. The normalized spacial score (nSPS) is 16.1. The molecular formula is C20H23N3O4. The molecule has 2 aromatic heterocycles. The fourth-order valence-electron chi connectivity index (χ4n) is 3.93. The Bertz CT molecular complexity index is 1020. The quantitative estimate of drug-likeness (QED) is 0.715. The Kier molecular flexibility index (Phi) is 4.61. The molecule has 1 fully saturated rings. The molecule has 0 radical (unpaired) electrons. The van der Waals surface area contributed by atoms with E-state index in [4.69, 9.17) is 9.15 Å². The van der Waals surface area contributed by atoms with Crippen LogP contribution in [0.15, 0.2) is 39.5 Å². The van der Waals surface area contributed by atoms with Gasteiger partial charge in [-0.15, -0.1) is 0 Å². The smallest absolute Gasteiger partial charge is 0.341 e. The highest BCUT2D eigenvalue weighted by Crippen LogP contribution is 2.26. The SMILES string of the molecule is COC(=O)c1cc(CN2CCC(n3c(=O)[nH]c4ccccc43)CC2)oc1C. The first-order valence-electron chi connectivity index (χ1n) is 9.16. The molecule has 3 heterocycles. The average Bonchev–Trinajstić information content (AvgIpc) is 3.20. The summed E-state index contributed by atoms with van der Waals surface area (Å²) in [5.74, 6) is 0.965. The Morgan fingerprint density at radius 2 is 2.04 bits per heavy atom. The summed E-state index contributed by atoms with van der Waals surface area (Å²) in [6, 6.07) is 9.75. The van der Waals surface area contributed by atoms with Gasteiger partial charge in [0.05, 0.1) is 24.7 Å². The highest BCUT2D eigenvalue weighted by atomic mass is 16.5. The number of methoxy groups -OCH3 is 1. The second kappa shape index (κ2) is 7.08. The van der Waals surface area contributed by atoms with Gasteiger partial charge >= 0.3 is 11.7 Å². The van der Waals surface area contributed by atoms with Crippen LogP contribution in [0.2, 0.25) is 0 Å². The number of rotatable bonds is 4. The summed E-state index contributed by atoms with van der Waals surface area (Å²) in [6.45, 7) is 4.15. The van der Waals surface area contributed by atoms with Gasteiger partial charge in [0.1, 0.15) is 17.1 Å². The molecule has 4 rings (SSSR count). The lowest BCUT2D eigenvalue weighted by molar-refractivity contribution is 0.0599. The number of nitrogens with zero attached hydrogens (tertiary/aromatic N) is 2. The summed E-state index contributed by atoms with van der Waals surface area (Å²) >= 11 is 0. The van der Waals surface area contributed by atoms with Crippen LogP contribution in [0.5, 0.6) is 0 Å². The molecule has 7 nitrogen and oxygen atoms in total. The van der Waals surface area contributed by atoms with Gasteiger partial charge in [0.25, 0.3) is 0 Å². The van der Waals surface area contributed by atoms with Gasteiger partial charge in [0.15, 0.2) is 0 Å². The van der Waals surface area contributed by atoms with Crippen LogP contribution in [0, 0.1) is 6.92 Å². The predicted molar refractivity (Wildman–Crippen MR) is 101 cm³/mol. The maximum absolute atomic E-state index is 12.4. The number of aromatic nitrogens is 2. The van der Waals surface area contributed by atoms with Crippen LogP contribution < -0.4 is 5.69 Å². The van der Waals surface area contributed by atoms with E-state index in [9.17, 15) is 9.59 Å². The fourth-order valence-corrected chi connectivity index (χ4v) is 3.93. The van der Waals surface area contributed by atoms with Gasteiger partial charge < -0.3 is 14.1 Å². The number of aryl methyl sites for hydroxylation is 1. The number of para-hydroxylation sites is 2. The Labute approximate surface area is 156 Å². The van der Waals surface area contributed by atoms with Crippen LogP contribution in [0.1, 0.15) is 40.8 Å². The molecule has 1 saturated heterocycles. The van der Waals surface area contributed by atoms with Crippen molar-refractivity contribution in [3.8, 4) is 0 Å². The number of hydrogen-bond acceptors (Lipinski definition) is 5. The lowest BCUT2D eigenvalue weighted by Crippen LogP contribution is -2.36. The number of nitrogens with one attached hydrogen (secondary N) is 1. The summed E-state index contributed by atoms with van der Waals surface area (Å²) in [5.41, 5.74) is 2.28. The van der Waals surface area contributed by atoms with Crippen LogP contribution in [0.25, 0.3) is 11.0 Å². The maximum Gasteiger partial charge on any atom is 0.341 e. The lowest BCUT2D eigenvalue weighted by atomic mass is 10.0. The lowest BCUT2D eigenvalue weighted by Gasteiger charge is -2.31. The fraction of sp³-hybridized carbons (Fsp3) is 0.400. The molecule has 27 heavy (non-hydrogen) atoms.